The average molecular weight is 919 g/mol. The molecule has 2 fully saturated rings. The fourth-order valence-corrected chi connectivity index (χ4v) is 11.2. The van der Waals surface area contributed by atoms with Crippen LogP contribution in [0, 0.1) is 0 Å². The van der Waals surface area contributed by atoms with E-state index >= 15 is 0 Å². The van der Waals surface area contributed by atoms with Gasteiger partial charge in [-0.2, -0.15) is 11.8 Å². The predicted octanol–water partition coefficient (Wildman–Crippen LogP) is 4.77. The van der Waals surface area contributed by atoms with Crippen LogP contribution >= 0.6 is 11.8 Å². The van der Waals surface area contributed by atoms with Crippen LogP contribution in [-0.4, -0.2) is 146 Å². The van der Waals surface area contributed by atoms with Gasteiger partial charge in [0.25, 0.3) is 22.9 Å². The number of hydrogen-bond acceptors (Lipinski definition) is 12. The Hall–Kier alpha value is -5.36. The third-order valence-electron chi connectivity index (χ3n) is 13.8. The van der Waals surface area contributed by atoms with E-state index in [1.54, 1.807) is 32.7 Å². The van der Waals surface area contributed by atoms with Gasteiger partial charge in [0.1, 0.15) is 0 Å². The second kappa shape index (κ2) is 19.2. The molecular formula is C48H58N10O5S2. The maximum atomic E-state index is 13.3. The van der Waals surface area contributed by atoms with Gasteiger partial charge in [0.2, 0.25) is 0 Å². The number of nitrogens with one attached hydrogen (secondary N) is 4. The number of fused-ring (bicyclic) bond motifs is 4. The monoisotopic (exact) mass is 918 g/mol. The number of H-pyrrole nitrogens is 2. The van der Waals surface area contributed by atoms with Crippen molar-refractivity contribution in [3.8, 4) is 0 Å². The van der Waals surface area contributed by atoms with Gasteiger partial charge >= 0.3 is 0 Å². The first-order chi connectivity index (χ1) is 31.5. The van der Waals surface area contributed by atoms with Crippen molar-refractivity contribution in [2.24, 2.45) is 9.98 Å². The number of nitrogens with zero attached hydrogens (tertiary/aromatic N) is 6. The molecule has 10 rings (SSSR count). The van der Waals surface area contributed by atoms with E-state index < -0.39 is 10.8 Å². The molecule has 6 aliphatic rings. The molecule has 15 nitrogen and oxygen atoms in total. The van der Waals surface area contributed by atoms with Crippen molar-refractivity contribution >= 4 is 68.5 Å². The van der Waals surface area contributed by atoms with Crippen molar-refractivity contribution < 1.29 is 13.8 Å². The summed E-state index contributed by atoms with van der Waals surface area (Å²) in [6.07, 6.45) is 12.2. The van der Waals surface area contributed by atoms with Gasteiger partial charge in [-0.3, -0.25) is 33.4 Å². The molecule has 0 radical (unpaired) electrons. The van der Waals surface area contributed by atoms with Crippen molar-refractivity contribution in [3.05, 3.63) is 114 Å². The molecule has 2 amide bonds. The molecule has 65 heavy (non-hydrogen) atoms. The number of piperidine rings is 2. The molecule has 0 saturated carbocycles. The molecule has 4 N–H and O–H groups in total. The molecule has 6 aliphatic heterocycles. The topological polar surface area (TPSA) is 179 Å². The number of amides is 2. The number of carbonyl (C=O) groups is 2. The highest BCUT2D eigenvalue weighted by Gasteiger charge is 2.38. The largest absolute Gasteiger partial charge is 0.387 e. The van der Waals surface area contributed by atoms with E-state index in [2.05, 4.69) is 47.6 Å². The lowest BCUT2D eigenvalue weighted by Crippen LogP contribution is -2.45. The standard InChI is InChI=1S/C24H29N5O3S.C24H29N5O2S/c1-25-19-3-6-26-23(30)22(19)21-12-15-11-18-16(13-20(15)27-21)14-29(24(18)31)17-4-7-28(8-5-17)9-10-33(2)32;1-25-19-3-6-26-23(30)22(19)21-12-15-11-18-16(13-20(15)27-21)14-29(24(18)31)17-4-7-28(8-5-17)9-10-32-2/h3,6,11,13,17H,4-5,7-10,12,14H2,1-2H3,(H2,25,26,30);3,6,11,13,17H,4-5,7-10,12,14H2,1-2H3,(H2,25,26,30). The molecule has 1 atom stereocenters. The molecule has 342 valence electrons. The minimum Gasteiger partial charge on any atom is -0.387 e. The quantitative estimate of drug-likeness (QED) is 0.155. The molecule has 2 saturated heterocycles. The van der Waals surface area contributed by atoms with E-state index in [1.165, 1.54) is 0 Å². The summed E-state index contributed by atoms with van der Waals surface area (Å²) in [5.74, 6) is 2.12. The van der Waals surface area contributed by atoms with Crippen LogP contribution in [0.2, 0.25) is 0 Å². The normalized spacial score (nSPS) is 19.0. The number of rotatable bonds is 12. The first-order valence-electron chi connectivity index (χ1n) is 22.6. The number of aliphatic imine (C=N–C) groups is 2. The van der Waals surface area contributed by atoms with Crippen molar-refractivity contribution in [2.45, 2.75) is 63.7 Å². The van der Waals surface area contributed by atoms with E-state index in [-0.39, 0.29) is 29.0 Å². The molecule has 8 heterocycles. The summed E-state index contributed by atoms with van der Waals surface area (Å²) in [7, 11) is 2.82. The van der Waals surface area contributed by atoms with Crippen LogP contribution in [0.25, 0.3) is 0 Å². The lowest BCUT2D eigenvalue weighted by molar-refractivity contribution is 0.0596. The molecule has 0 aliphatic carbocycles. The van der Waals surface area contributed by atoms with Crippen LogP contribution in [0.3, 0.4) is 0 Å². The molecule has 1 unspecified atom stereocenters. The Balaban J connectivity index is 0.000000164. The summed E-state index contributed by atoms with van der Waals surface area (Å²) >= 11 is 1.89. The van der Waals surface area contributed by atoms with Crippen LogP contribution < -0.4 is 21.8 Å². The van der Waals surface area contributed by atoms with Gasteiger partial charge in [0.05, 0.1) is 45.3 Å². The highest BCUT2D eigenvalue weighted by atomic mass is 32.2. The lowest BCUT2D eigenvalue weighted by Gasteiger charge is -2.36. The predicted molar refractivity (Wildman–Crippen MR) is 262 cm³/mol. The number of likely N-dealkylation sites (tertiary alicyclic amines) is 2. The maximum Gasteiger partial charge on any atom is 0.259 e. The fourth-order valence-electron chi connectivity index (χ4n) is 10.3. The number of anilines is 2. The summed E-state index contributed by atoms with van der Waals surface area (Å²) in [6.45, 7) is 7.27. The number of aromatic nitrogens is 2. The van der Waals surface area contributed by atoms with Gasteiger partial charge < -0.3 is 40.2 Å². The van der Waals surface area contributed by atoms with Gasteiger partial charge in [-0.25, -0.2) is 0 Å². The third-order valence-corrected chi connectivity index (χ3v) is 15.2. The van der Waals surface area contributed by atoms with Gasteiger partial charge in [0, 0.05) is 143 Å². The summed E-state index contributed by atoms with van der Waals surface area (Å²) in [5.41, 5.74) is 11.2. The van der Waals surface area contributed by atoms with E-state index in [1.807, 2.05) is 47.0 Å². The third kappa shape index (κ3) is 9.12. The number of pyridine rings is 2. The molecule has 2 aromatic heterocycles. The smallest absolute Gasteiger partial charge is 0.259 e. The van der Waals surface area contributed by atoms with Crippen LogP contribution in [0.5, 0.6) is 0 Å². The highest BCUT2D eigenvalue weighted by molar-refractivity contribution is 7.98. The molecule has 17 heteroatoms. The number of benzene rings is 2. The summed E-state index contributed by atoms with van der Waals surface area (Å²) < 4.78 is 11.4. The first kappa shape index (κ1) is 44.8. The van der Waals surface area contributed by atoms with Gasteiger partial charge in [-0.05, 0) is 90.6 Å². The molecular weight excluding hydrogens is 861 g/mol. The van der Waals surface area contributed by atoms with Crippen molar-refractivity contribution in [3.63, 3.8) is 0 Å². The molecule has 0 spiro atoms. The Morgan fingerprint density at radius 3 is 1.54 bits per heavy atom. The van der Waals surface area contributed by atoms with Gasteiger partial charge in [-0.15, -0.1) is 0 Å². The number of carbonyl (C=O) groups excluding carboxylic acids is 2. The Kier molecular flexibility index (Phi) is 13.3. The van der Waals surface area contributed by atoms with Crippen LogP contribution in [0.1, 0.15) is 79.8 Å². The zero-order chi connectivity index (χ0) is 45.4. The number of hydrogen-bond donors (Lipinski definition) is 4. The van der Waals surface area contributed by atoms with Crippen LogP contribution in [0.4, 0.5) is 22.7 Å². The summed E-state index contributed by atoms with van der Waals surface area (Å²) in [4.78, 5) is 75.4. The average Bonchev–Trinajstić information content (AvgIpc) is 4.08. The zero-order valence-electron chi connectivity index (χ0n) is 37.6. The zero-order valence-corrected chi connectivity index (χ0v) is 39.3. The Morgan fingerprint density at radius 2 is 1.12 bits per heavy atom. The minimum absolute atomic E-state index is 0.0998. The fraction of sp³-hybridized carbons (Fsp3) is 0.458. The molecule has 4 aromatic rings. The highest BCUT2D eigenvalue weighted by Crippen LogP contribution is 2.39. The lowest BCUT2D eigenvalue weighted by atomic mass is 10.00. The molecule has 2 aromatic carbocycles. The van der Waals surface area contributed by atoms with Crippen molar-refractivity contribution in [1.29, 1.82) is 0 Å². The van der Waals surface area contributed by atoms with Crippen LogP contribution in [0.15, 0.2) is 68.4 Å². The second-order valence-corrected chi connectivity index (χ2v) is 20.3. The van der Waals surface area contributed by atoms with E-state index in [0.29, 0.717) is 48.9 Å². The Bertz CT molecular complexity index is 2710. The van der Waals surface area contributed by atoms with E-state index in [0.717, 1.165) is 138 Å². The van der Waals surface area contributed by atoms with Crippen molar-refractivity contribution in [1.82, 2.24) is 29.6 Å². The van der Waals surface area contributed by atoms with Crippen molar-refractivity contribution in [2.75, 3.05) is 88.0 Å². The van der Waals surface area contributed by atoms with E-state index in [9.17, 15) is 23.4 Å². The maximum absolute atomic E-state index is 13.3. The first-order valence-corrected chi connectivity index (χ1v) is 25.8. The van der Waals surface area contributed by atoms with Crippen LogP contribution in [-0.2, 0) is 36.7 Å². The summed E-state index contributed by atoms with van der Waals surface area (Å²) in [6, 6.07) is 12.3. The Morgan fingerprint density at radius 1 is 0.677 bits per heavy atom. The SMILES string of the molecule is CNc1cc[nH]c(=O)c1C1=Nc2cc3c(cc2C1)C(=O)N(C1CCN(CCS(C)=O)CC1)C3.CNc1cc[nH]c(=O)c1C1=Nc2cc3c(cc2C1)C(=O)N(C1CCN(CCSC)CC1)C3. The van der Waals surface area contributed by atoms with Gasteiger partial charge in [0.15, 0.2) is 0 Å². The summed E-state index contributed by atoms with van der Waals surface area (Å²) in [5, 5.41) is 6.15. The molecule has 0 bridgehead atoms. The Labute approximate surface area is 386 Å². The minimum atomic E-state index is -0.768. The van der Waals surface area contributed by atoms with E-state index in [4.69, 9.17) is 9.98 Å². The number of thioether (sulfide) groups is 1. The van der Waals surface area contributed by atoms with Gasteiger partial charge in [-0.1, -0.05) is 0 Å². The number of aromatic amines is 2. The second-order valence-electron chi connectivity index (χ2n) is 17.7.